The van der Waals surface area contributed by atoms with Crippen molar-refractivity contribution in [2.45, 2.75) is 41.5 Å². The fourth-order valence-corrected chi connectivity index (χ4v) is 2.74. The van der Waals surface area contributed by atoms with Crippen LogP contribution in [0.3, 0.4) is 0 Å². The maximum atomic E-state index is 12.1. The number of urea groups is 1. The molecule has 22 heavy (non-hydrogen) atoms. The molecule has 2 rings (SSSR count). The Morgan fingerprint density at radius 1 is 0.727 bits per heavy atom. The standard InChI is InChI=1S/C19H24N2O/c1-11-7-9-17(15(5)13(11)3)21(19(20)22)18-10-8-12(2)14(4)16(18)6/h7-10H,1-6H3,(H2,20,22). The van der Waals surface area contributed by atoms with E-state index in [1.807, 2.05) is 38.1 Å². The van der Waals surface area contributed by atoms with E-state index in [0.29, 0.717) is 0 Å². The van der Waals surface area contributed by atoms with E-state index in [9.17, 15) is 4.79 Å². The molecule has 3 heteroatoms. The normalized spacial score (nSPS) is 10.6. The number of amides is 2. The predicted molar refractivity (Wildman–Crippen MR) is 93.0 cm³/mol. The first-order chi connectivity index (χ1) is 10.3. The van der Waals surface area contributed by atoms with Gasteiger partial charge in [0.2, 0.25) is 0 Å². The average molecular weight is 296 g/mol. The summed E-state index contributed by atoms with van der Waals surface area (Å²) < 4.78 is 0. The fraction of sp³-hybridized carbons (Fsp3) is 0.316. The number of carbonyl (C=O) groups is 1. The van der Waals surface area contributed by atoms with Crippen LogP contribution in [0.25, 0.3) is 0 Å². The highest BCUT2D eigenvalue weighted by Crippen LogP contribution is 2.34. The third kappa shape index (κ3) is 2.59. The molecule has 0 aliphatic rings. The van der Waals surface area contributed by atoms with E-state index in [4.69, 9.17) is 5.73 Å². The predicted octanol–water partition coefficient (Wildman–Crippen LogP) is 4.75. The number of primary amides is 1. The average Bonchev–Trinajstić information content (AvgIpc) is 2.47. The van der Waals surface area contributed by atoms with Gasteiger partial charge in [0.25, 0.3) is 0 Å². The third-order valence-electron chi connectivity index (χ3n) is 4.76. The summed E-state index contributed by atoms with van der Waals surface area (Å²) in [5, 5.41) is 0. The number of nitrogens with two attached hydrogens (primary N) is 1. The SMILES string of the molecule is Cc1ccc(N(C(N)=O)c2ccc(C)c(C)c2C)c(C)c1C. The minimum atomic E-state index is -0.460. The van der Waals surface area contributed by atoms with Crippen molar-refractivity contribution >= 4 is 17.4 Å². The number of aryl methyl sites for hydroxylation is 2. The molecule has 0 unspecified atom stereocenters. The monoisotopic (exact) mass is 296 g/mol. The third-order valence-corrected chi connectivity index (χ3v) is 4.76. The van der Waals surface area contributed by atoms with Gasteiger partial charge in [-0.15, -0.1) is 0 Å². The van der Waals surface area contributed by atoms with Crippen molar-refractivity contribution in [2.24, 2.45) is 5.73 Å². The van der Waals surface area contributed by atoms with Crippen LogP contribution >= 0.6 is 0 Å². The van der Waals surface area contributed by atoms with Crippen LogP contribution in [0, 0.1) is 41.5 Å². The highest BCUT2D eigenvalue weighted by atomic mass is 16.2. The number of nitrogens with zero attached hydrogens (tertiary/aromatic N) is 1. The van der Waals surface area contributed by atoms with Gasteiger partial charge in [0.15, 0.2) is 0 Å². The molecule has 0 spiro atoms. The maximum absolute atomic E-state index is 12.1. The van der Waals surface area contributed by atoms with Crippen molar-refractivity contribution in [3.63, 3.8) is 0 Å². The first kappa shape index (κ1) is 16.1. The molecule has 2 amide bonds. The van der Waals surface area contributed by atoms with Crippen molar-refractivity contribution in [3.05, 3.63) is 57.6 Å². The Morgan fingerprint density at radius 2 is 1.09 bits per heavy atom. The number of rotatable bonds is 2. The zero-order valence-corrected chi connectivity index (χ0v) is 14.2. The minimum absolute atomic E-state index is 0.460. The van der Waals surface area contributed by atoms with Crippen LogP contribution < -0.4 is 10.6 Å². The Labute approximate surface area is 132 Å². The van der Waals surface area contributed by atoms with E-state index < -0.39 is 6.03 Å². The van der Waals surface area contributed by atoms with Crippen LogP contribution in [0.15, 0.2) is 24.3 Å². The Kier molecular flexibility index (Phi) is 4.27. The van der Waals surface area contributed by atoms with Gasteiger partial charge in [-0.05, 0) is 87.1 Å². The van der Waals surface area contributed by atoms with Crippen molar-refractivity contribution in [1.82, 2.24) is 0 Å². The topological polar surface area (TPSA) is 46.3 Å². The highest BCUT2D eigenvalue weighted by Gasteiger charge is 2.21. The fourth-order valence-electron chi connectivity index (χ4n) is 2.74. The van der Waals surface area contributed by atoms with Crippen LogP contribution in [0.5, 0.6) is 0 Å². The summed E-state index contributed by atoms with van der Waals surface area (Å²) in [5.41, 5.74) is 14.4. The maximum Gasteiger partial charge on any atom is 0.323 e. The van der Waals surface area contributed by atoms with Gasteiger partial charge in [-0.1, -0.05) is 12.1 Å². The molecule has 0 atom stereocenters. The lowest BCUT2D eigenvalue weighted by molar-refractivity contribution is 0.256. The second-order valence-corrected chi connectivity index (χ2v) is 5.98. The Balaban J connectivity index is 2.70. The second kappa shape index (κ2) is 5.84. The molecule has 0 aromatic heterocycles. The van der Waals surface area contributed by atoms with Crippen molar-refractivity contribution in [3.8, 4) is 0 Å². The summed E-state index contributed by atoms with van der Waals surface area (Å²) in [4.78, 5) is 13.8. The van der Waals surface area contributed by atoms with Gasteiger partial charge in [-0.3, -0.25) is 4.90 Å². The zero-order chi connectivity index (χ0) is 16.6. The molecule has 0 aliphatic heterocycles. The molecule has 3 nitrogen and oxygen atoms in total. The lowest BCUT2D eigenvalue weighted by Gasteiger charge is -2.26. The summed E-state index contributed by atoms with van der Waals surface area (Å²) in [5.74, 6) is 0. The Bertz CT molecular complexity index is 690. The molecular formula is C19H24N2O. The van der Waals surface area contributed by atoms with Crippen LogP contribution in [0.4, 0.5) is 16.2 Å². The van der Waals surface area contributed by atoms with Gasteiger partial charge < -0.3 is 5.73 Å². The molecule has 116 valence electrons. The summed E-state index contributed by atoms with van der Waals surface area (Å²) in [6, 6.07) is 7.54. The van der Waals surface area contributed by atoms with Crippen LogP contribution in [-0.2, 0) is 0 Å². The van der Waals surface area contributed by atoms with Crippen molar-refractivity contribution in [1.29, 1.82) is 0 Å². The van der Waals surface area contributed by atoms with Gasteiger partial charge >= 0.3 is 6.03 Å². The van der Waals surface area contributed by atoms with E-state index in [0.717, 1.165) is 22.5 Å². The zero-order valence-electron chi connectivity index (χ0n) is 14.2. The first-order valence-electron chi connectivity index (χ1n) is 7.48. The number of hydrogen-bond donors (Lipinski definition) is 1. The number of benzene rings is 2. The molecule has 0 aliphatic carbocycles. The molecule has 2 aromatic carbocycles. The molecule has 2 N–H and O–H groups in total. The van der Waals surface area contributed by atoms with E-state index >= 15 is 0 Å². The molecule has 0 radical (unpaired) electrons. The molecular weight excluding hydrogens is 272 g/mol. The molecule has 0 heterocycles. The van der Waals surface area contributed by atoms with Crippen molar-refractivity contribution < 1.29 is 4.79 Å². The molecule has 0 bridgehead atoms. The van der Waals surface area contributed by atoms with Crippen molar-refractivity contribution in [2.75, 3.05) is 4.90 Å². The smallest absolute Gasteiger partial charge is 0.323 e. The van der Waals surface area contributed by atoms with Gasteiger partial charge in [0.05, 0.1) is 11.4 Å². The van der Waals surface area contributed by atoms with E-state index in [1.54, 1.807) is 4.90 Å². The number of anilines is 2. The number of carbonyl (C=O) groups excluding carboxylic acids is 1. The Hall–Kier alpha value is -2.29. The summed E-state index contributed by atoms with van der Waals surface area (Å²) >= 11 is 0. The lowest BCUT2D eigenvalue weighted by atomic mass is 9.99. The van der Waals surface area contributed by atoms with Gasteiger partial charge in [0.1, 0.15) is 0 Å². The minimum Gasteiger partial charge on any atom is -0.351 e. The van der Waals surface area contributed by atoms with Gasteiger partial charge in [-0.25, -0.2) is 4.79 Å². The summed E-state index contributed by atoms with van der Waals surface area (Å²) in [6.45, 7) is 12.3. The Morgan fingerprint density at radius 3 is 1.41 bits per heavy atom. The highest BCUT2D eigenvalue weighted by molar-refractivity contribution is 6.00. The molecule has 2 aromatic rings. The largest absolute Gasteiger partial charge is 0.351 e. The first-order valence-corrected chi connectivity index (χ1v) is 7.48. The van der Waals surface area contributed by atoms with E-state index in [1.165, 1.54) is 22.3 Å². The molecule has 0 saturated carbocycles. The number of hydrogen-bond acceptors (Lipinski definition) is 1. The molecule has 0 fully saturated rings. The molecule has 0 saturated heterocycles. The summed E-state index contributed by atoms with van der Waals surface area (Å²) in [7, 11) is 0. The van der Waals surface area contributed by atoms with E-state index in [2.05, 4.69) is 27.7 Å². The van der Waals surface area contributed by atoms with Gasteiger partial charge in [0, 0.05) is 0 Å². The van der Waals surface area contributed by atoms with Crippen LogP contribution in [-0.4, -0.2) is 6.03 Å². The van der Waals surface area contributed by atoms with E-state index in [-0.39, 0.29) is 0 Å². The van der Waals surface area contributed by atoms with Crippen LogP contribution in [0.2, 0.25) is 0 Å². The lowest BCUT2D eigenvalue weighted by Crippen LogP contribution is -2.32. The van der Waals surface area contributed by atoms with Crippen LogP contribution in [0.1, 0.15) is 33.4 Å². The second-order valence-electron chi connectivity index (χ2n) is 5.98. The quantitative estimate of drug-likeness (QED) is 0.853. The summed E-state index contributed by atoms with van der Waals surface area (Å²) in [6.07, 6.45) is 0. The van der Waals surface area contributed by atoms with Gasteiger partial charge in [-0.2, -0.15) is 0 Å².